The van der Waals surface area contributed by atoms with Crippen LogP contribution in [0.3, 0.4) is 0 Å². The molecule has 0 unspecified atom stereocenters. The van der Waals surface area contributed by atoms with Crippen LogP contribution in [0.5, 0.6) is 0 Å². The van der Waals surface area contributed by atoms with Crippen LogP contribution in [0.1, 0.15) is 16.1 Å². The molecule has 1 fully saturated rings. The molecule has 4 rings (SSSR count). The standard InChI is InChI=1S/C22H20F4N4O2S/c1-33-21-27-13-19(30(21)15-4-2-14(23)3-5-15)20(31)28-18-7-6-16(12-17(18)22(24,25)26)29-8-10-32-11-9-29/h2-7,12-13H,8-11H2,1H3,(H,28,31). The summed E-state index contributed by atoms with van der Waals surface area (Å²) in [6.45, 7) is 1.84. The van der Waals surface area contributed by atoms with Gasteiger partial charge in [-0.2, -0.15) is 13.2 Å². The van der Waals surface area contributed by atoms with Crippen LogP contribution in [0.4, 0.5) is 28.9 Å². The number of anilines is 2. The number of halogens is 4. The highest BCUT2D eigenvalue weighted by molar-refractivity contribution is 7.98. The molecule has 0 aliphatic carbocycles. The van der Waals surface area contributed by atoms with E-state index in [0.717, 1.165) is 6.07 Å². The van der Waals surface area contributed by atoms with Gasteiger partial charge in [0.2, 0.25) is 0 Å². The number of hydrogen-bond acceptors (Lipinski definition) is 5. The largest absolute Gasteiger partial charge is 0.418 e. The van der Waals surface area contributed by atoms with Gasteiger partial charge in [0.25, 0.3) is 5.91 Å². The number of carbonyl (C=O) groups excluding carboxylic acids is 1. The number of ether oxygens (including phenoxy) is 1. The third-order valence-corrected chi connectivity index (χ3v) is 5.82. The Morgan fingerprint density at radius 1 is 1.09 bits per heavy atom. The number of morpholine rings is 1. The summed E-state index contributed by atoms with van der Waals surface area (Å²) in [5.74, 6) is -1.22. The highest BCUT2D eigenvalue weighted by Crippen LogP contribution is 2.38. The van der Waals surface area contributed by atoms with Crippen LogP contribution in [-0.4, -0.2) is 48.0 Å². The van der Waals surface area contributed by atoms with E-state index >= 15 is 0 Å². The second kappa shape index (κ2) is 9.44. The van der Waals surface area contributed by atoms with Gasteiger partial charge in [0, 0.05) is 24.5 Å². The zero-order chi connectivity index (χ0) is 23.6. The fourth-order valence-corrected chi connectivity index (χ4v) is 4.10. The van der Waals surface area contributed by atoms with Crippen LogP contribution in [0.2, 0.25) is 0 Å². The number of benzene rings is 2. The molecule has 1 amide bonds. The van der Waals surface area contributed by atoms with Gasteiger partial charge < -0.3 is 15.0 Å². The molecule has 1 aliphatic rings. The van der Waals surface area contributed by atoms with Crippen LogP contribution in [-0.2, 0) is 10.9 Å². The lowest BCUT2D eigenvalue weighted by Crippen LogP contribution is -2.36. The summed E-state index contributed by atoms with van der Waals surface area (Å²) >= 11 is 1.25. The second-order valence-corrected chi connectivity index (χ2v) is 8.00. The predicted octanol–water partition coefficient (Wildman–Crippen LogP) is 4.84. The van der Waals surface area contributed by atoms with Gasteiger partial charge in [0.05, 0.1) is 30.7 Å². The Morgan fingerprint density at radius 2 is 1.76 bits per heavy atom. The zero-order valence-corrected chi connectivity index (χ0v) is 18.3. The number of nitrogens with zero attached hydrogens (tertiary/aromatic N) is 3. The molecular weight excluding hydrogens is 460 g/mol. The molecule has 0 atom stereocenters. The SMILES string of the molecule is CSc1ncc(C(=O)Nc2ccc(N3CCOCC3)cc2C(F)(F)F)n1-c1ccc(F)cc1. The second-order valence-electron chi connectivity index (χ2n) is 7.22. The molecule has 1 aliphatic heterocycles. The molecule has 1 aromatic heterocycles. The fraction of sp³-hybridized carbons (Fsp3) is 0.273. The molecule has 2 heterocycles. The molecule has 33 heavy (non-hydrogen) atoms. The monoisotopic (exact) mass is 480 g/mol. The first-order valence-corrected chi connectivity index (χ1v) is 11.2. The van der Waals surface area contributed by atoms with Crippen molar-refractivity contribution in [3.63, 3.8) is 0 Å². The summed E-state index contributed by atoms with van der Waals surface area (Å²) in [5, 5.41) is 2.81. The predicted molar refractivity (Wildman–Crippen MR) is 118 cm³/mol. The molecule has 0 spiro atoms. The van der Waals surface area contributed by atoms with Crippen LogP contribution < -0.4 is 10.2 Å². The van der Waals surface area contributed by atoms with Gasteiger partial charge in [-0.25, -0.2) is 9.37 Å². The maximum atomic E-state index is 13.8. The zero-order valence-electron chi connectivity index (χ0n) is 17.5. The Hall–Kier alpha value is -3.05. The van der Waals surface area contributed by atoms with E-state index in [2.05, 4.69) is 10.3 Å². The third-order valence-electron chi connectivity index (χ3n) is 5.16. The highest BCUT2D eigenvalue weighted by Gasteiger charge is 2.35. The normalized spacial score (nSPS) is 14.4. The maximum absolute atomic E-state index is 13.8. The van der Waals surface area contributed by atoms with Crippen LogP contribution in [0, 0.1) is 5.82 Å². The van der Waals surface area contributed by atoms with E-state index in [1.165, 1.54) is 52.9 Å². The number of hydrogen-bond donors (Lipinski definition) is 1. The molecule has 0 radical (unpaired) electrons. The number of amides is 1. The molecule has 2 aromatic carbocycles. The van der Waals surface area contributed by atoms with Gasteiger partial charge in [-0.3, -0.25) is 9.36 Å². The van der Waals surface area contributed by atoms with Crippen molar-refractivity contribution >= 4 is 29.0 Å². The molecular formula is C22H20F4N4O2S. The topological polar surface area (TPSA) is 59.4 Å². The first-order chi connectivity index (χ1) is 15.8. The minimum absolute atomic E-state index is 0.0244. The van der Waals surface area contributed by atoms with E-state index in [0.29, 0.717) is 42.8 Å². The molecule has 0 saturated carbocycles. The lowest BCUT2D eigenvalue weighted by molar-refractivity contribution is -0.136. The highest BCUT2D eigenvalue weighted by atomic mass is 32.2. The Morgan fingerprint density at radius 3 is 2.39 bits per heavy atom. The molecule has 0 bridgehead atoms. The Kier molecular flexibility index (Phi) is 6.61. The van der Waals surface area contributed by atoms with Crippen LogP contribution in [0.15, 0.2) is 53.8 Å². The molecule has 1 N–H and O–H groups in total. The van der Waals surface area contributed by atoms with Crippen molar-refractivity contribution < 1.29 is 27.1 Å². The van der Waals surface area contributed by atoms with E-state index < -0.39 is 23.5 Å². The first-order valence-electron chi connectivity index (χ1n) is 10.0. The van der Waals surface area contributed by atoms with Gasteiger partial charge in [0.1, 0.15) is 11.5 Å². The Balaban J connectivity index is 1.67. The number of carbonyl (C=O) groups is 1. The van der Waals surface area contributed by atoms with Gasteiger partial charge in [-0.05, 0) is 48.7 Å². The number of aromatic nitrogens is 2. The summed E-state index contributed by atoms with van der Waals surface area (Å²) in [6, 6.07) is 9.21. The molecule has 174 valence electrons. The van der Waals surface area contributed by atoms with Crippen molar-refractivity contribution in [3.8, 4) is 5.69 Å². The first kappa shape index (κ1) is 23.1. The number of imidazole rings is 1. The summed E-state index contributed by atoms with van der Waals surface area (Å²) < 4.78 is 61.6. The van der Waals surface area contributed by atoms with Crippen molar-refractivity contribution in [2.24, 2.45) is 0 Å². The Bertz CT molecular complexity index is 1140. The third kappa shape index (κ3) is 4.98. The Labute approximate surface area is 191 Å². The fourth-order valence-electron chi connectivity index (χ4n) is 3.56. The van der Waals surface area contributed by atoms with Gasteiger partial charge in [0.15, 0.2) is 5.16 Å². The average Bonchev–Trinajstić information content (AvgIpc) is 3.24. The number of alkyl halides is 3. The molecule has 3 aromatic rings. The van der Waals surface area contributed by atoms with Crippen molar-refractivity contribution in [1.82, 2.24) is 9.55 Å². The molecule has 1 saturated heterocycles. The van der Waals surface area contributed by atoms with Gasteiger partial charge in [-0.1, -0.05) is 11.8 Å². The van der Waals surface area contributed by atoms with Crippen molar-refractivity contribution in [2.75, 3.05) is 42.8 Å². The van der Waals surface area contributed by atoms with Crippen molar-refractivity contribution in [1.29, 1.82) is 0 Å². The summed E-state index contributed by atoms with van der Waals surface area (Å²) in [4.78, 5) is 19.0. The summed E-state index contributed by atoms with van der Waals surface area (Å²) in [5.41, 5.74) is -0.414. The van der Waals surface area contributed by atoms with Crippen LogP contribution >= 0.6 is 11.8 Å². The number of rotatable bonds is 5. The number of thioether (sulfide) groups is 1. The lowest BCUT2D eigenvalue weighted by Gasteiger charge is -2.29. The van der Waals surface area contributed by atoms with E-state index in [4.69, 9.17) is 4.74 Å². The van der Waals surface area contributed by atoms with E-state index in [1.807, 2.05) is 0 Å². The molecule has 6 nitrogen and oxygen atoms in total. The summed E-state index contributed by atoms with van der Waals surface area (Å²) in [7, 11) is 0. The molecule has 11 heteroatoms. The smallest absolute Gasteiger partial charge is 0.378 e. The van der Waals surface area contributed by atoms with Crippen LogP contribution in [0.25, 0.3) is 5.69 Å². The quantitative estimate of drug-likeness (QED) is 0.418. The number of nitrogens with one attached hydrogen (secondary N) is 1. The van der Waals surface area contributed by atoms with E-state index in [1.54, 1.807) is 17.2 Å². The van der Waals surface area contributed by atoms with Gasteiger partial charge in [-0.15, -0.1) is 0 Å². The minimum Gasteiger partial charge on any atom is -0.378 e. The van der Waals surface area contributed by atoms with E-state index in [9.17, 15) is 22.4 Å². The van der Waals surface area contributed by atoms with Crippen molar-refractivity contribution in [2.45, 2.75) is 11.3 Å². The minimum atomic E-state index is -4.67. The summed E-state index contributed by atoms with van der Waals surface area (Å²) in [6.07, 6.45) is -1.65. The lowest BCUT2D eigenvalue weighted by atomic mass is 10.1. The maximum Gasteiger partial charge on any atom is 0.418 e. The van der Waals surface area contributed by atoms with E-state index in [-0.39, 0.29) is 11.4 Å². The van der Waals surface area contributed by atoms with Crippen molar-refractivity contribution in [3.05, 3.63) is 65.7 Å². The van der Waals surface area contributed by atoms with Gasteiger partial charge >= 0.3 is 6.18 Å². The average molecular weight is 480 g/mol.